The van der Waals surface area contributed by atoms with Crippen LogP contribution in [-0.2, 0) is 0 Å². The lowest BCUT2D eigenvalue weighted by Gasteiger charge is -2.23. The van der Waals surface area contributed by atoms with Gasteiger partial charge in [0, 0.05) is 6.04 Å². The van der Waals surface area contributed by atoms with E-state index in [0.29, 0.717) is 5.75 Å². The zero-order valence-electron chi connectivity index (χ0n) is 12.1. The van der Waals surface area contributed by atoms with Gasteiger partial charge in [0.15, 0.2) is 0 Å². The molecule has 0 amide bonds. The smallest absolute Gasteiger partial charge is 0.335 e. The van der Waals surface area contributed by atoms with Gasteiger partial charge in [0.05, 0.1) is 5.56 Å². The fraction of sp³-hybridized carbons (Fsp3) is 0.235. The molecule has 2 atom stereocenters. The molecule has 1 unspecified atom stereocenters. The van der Waals surface area contributed by atoms with E-state index in [1.807, 2.05) is 38.1 Å². The van der Waals surface area contributed by atoms with Gasteiger partial charge in [0.2, 0.25) is 0 Å². The number of nitrogens with two attached hydrogens (primary N) is 1. The maximum absolute atomic E-state index is 10.8. The van der Waals surface area contributed by atoms with Crippen LogP contribution in [0.25, 0.3) is 0 Å². The van der Waals surface area contributed by atoms with E-state index in [9.17, 15) is 4.79 Å². The molecule has 0 fully saturated rings. The van der Waals surface area contributed by atoms with E-state index >= 15 is 0 Å². The third-order valence-corrected chi connectivity index (χ3v) is 3.25. The van der Waals surface area contributed by atoms with Crippen molar-refractivity contribution in [1.82, 2.24) is 0 Å². The number of aryl methyl sites for hydroxylation is 1. The van der Waals surface area contributed by atoms with Gasteiger partial charge in [-0.15, -0.1) is 0 Å². The van der Waals surface area contributed by atoms with Gasteiger partial charge >= 0.3 is 5.97 Å². The molecule has 0 aliphatic heterocycles. The monoisotopic (exact) mass is 285 g/mol. The van der Waals surface area contributed by atoms with Gasteiger partial charge in [-0.25, -0.2) is 4.79 Å². The second-order valence-corrected chi connectivity index (χ2v) is 5.14. The molecule has 2 aromatic rings. The molecule has 0 saturated heterocycles. The Morgan fingerprint density at radius 2 is 1.67 bits per heavy atom. The van der Waals surface area contributed by atoms with Crippen LogP contribution in [0.3, 0.4) is 0 Å². The van der Waals surface area contributed by atoms with Crippen LogP contribution in [0.1, 0.15) is 34.5 Å². The molecule has 0 heterocycles. The minimum atomic E-state index is -0.955. The number of carbonyl (C=O) groups is 1. The van der Waals surface area contributed by atoms with Crippen molar-refractivity contribution in [2.75, 3.05) is 0 Å². The number of aromatic carboxylic acids is 1. The molecule has 110 valence electrons. The van der Waals surface area contributed by atoms with Crippen LogP contribution >= 0.6 is 0 Å². The number of hydrogen-bond donors (Lipinski definition) is 2. The van der Waals surface area contributed by atoms with Gasteiger partial charge in [-0.05, 0) is 43.7 Å². The lowest BCUT2D eigenvalue weighted by Crippen LogP contribution is -2.29. The van der Waals surface area contributed by atoms with Crippen molar-refractivity contribution in [3.63, 3.8) is 0 Å². The molecular weight excluding hydrogens is 266 g/mol. The predicted molar refractivity (Wildman–Crippen MR) is 81.6 cm³/mol. The molecule has 0 bridgehead atoms. The van der Waals surface area contributed by atoms with Crippen molar-refractivity contribution in [3.8, 4) is 5.75 Å². The molecular formula is C17H19NO3. The highest BCUT2D eigenvalue weighted by Gasteiger charge is 2.18. The van der Waals surface area contributed by atoms with E-state index in [1.165, 1.54) is 17.7 Å². The van der Waals surface area contributed by atoms with Crippen LogP contribution in [0.4, 0.5) is 0 Å². The summed E-state index contributed by atoms with van der Waals surface area (Å²) in [5.41, 5.74) is 8.42. The molecule has 4 heteroatoms. The molecule has 0 spiro atoms. The van der Waals surface area contributed by atoms with Gasteiger partial charge in [-0.2, -0.15) is 0 Å². The van der Waals surface area contributed by atoms with Gasteiger partial charge in [-0.1, -0.05) is 29.8 Å². The molecule has 4 nitrogen and oxygen atoms in total. The SMILES string of the molecule is Cc1ccc([C@@H](Oc2ccc(C(=O)O)cc2)C(C)N)cc1. The summed E-state index contributed by atoms with van der Waals surface area (Å²) in [6, 6.07) is 14.2. The minimum Gasteiger partial charge on any atom is -0.484 e. The quantitative estimate of drug-likeness (QED) is 0.885. The van der Waals surface area contributed by atoms with Crippen LogP contribution in [0.5, 0.6) is 5.75 Å². The van der Waals surface area contributed by atoms with Crippen LogP contribution in [0.2, 0.25) is 0 Å². The molecule has 0 aliphatic rings. The minimum absolute atomic E-state index is 0.188. The van der Waals surface area contributed by atoms with Gasteiger partial charge in [-0.3, -0.25) is 0 Å². The van der Waals surface area contributed by atoms with E-state index in [2.05, 4.69) is 0 Å². The van der Waals surface area contributed by atoms with E-state index < -0.39 is 5.97 Å². The third kappa shape index (κ3) is 3.83. The third-order valence-electron chi connectivity index (χ3n) is 3.25. The summed E-state index contributed by atoms with van der Waals surface area (Å²) < 4.78 is 5.92. The number of hydrogen-bond acceptors (Lipinski definition) is 3. The van der Waals surface area contributed by atoms with E-state index in [4.69, 9.17) is 15.6 Å². The zero-order chi connectivity index (χ0) is 15.4. The van der Waals surface area contributed by atoms with Gasteiger partial charge < -0.3 is 15.6 Å². The average Bonchev–Trinajstić information content (AvgIpc) is 2.46. The van der Waals surface area contributed by atoms with Gasteiger partial charge in [0.25, 0.3) is 0 Å². The normalized spacial score (nSPS) is 13.5. The van der Waals surface area contributed by atoms with Gasteiger partial charge in [0.1, 0.15) is 11.9 Å². The van der Waals surface area contributed by atoms with Crippen molar-refractivity contribution >= 4 is 5.97 Å². The Bertz CT molecular complexity index is 603. The summed E-state index contributed by atoms with van der Waals surface area (Å²) in [6.07, 6.45) is -0.277. The first-order valence-corrected chi connectivity index (χ1v) is 6.79. The van der Waals surface area contributed by atoms with Crippen molar-refractivity contribution in [2.24, 2.45) is 5.73 Å². The molecule has 3 N–H and O–H groups in total. The van der Waals surface area contributed by atoms with Crippen molar-refractivity contribution in [1.29, 1.82) is 0 Å². The topological polar surface area (TPSA) is 72.5 Å². The van der Waals surface area contributed by atoms with E-state index in [1.54, 1.807) is 12.1 Å². The summed E-state index contributed by atoms with van der Waals surface area (Å²) in [5.74, 6) is -0.355. The Kier molecular flexibility index (Phi) is 4.60. The van der Waals surface area contributed by atoms with Crippen LogP contribution in [0, 0.1) is 6.92 Å². The summed E-state index contributed by atoms with van der Waals surface area (Å²) in [6.45, 7) is 3.91. The van der Waals surface area contributed by atoms with Crippen molar-refractivity contribution < 1.29 is 14.6 Å². The first-order chi connectivity index (χ1) is 9.97. The Balaban J connectivity index is 2.20. The summed E-state index contributed by atoms with van der Waals surface area (Å²) >= 11 is 0. The Morgan fingerprint density at radius 1 is 1.10 bits per heavy atom. The second kappa shape index (κ2) is 6.41. The summed E-state index contributed by atoms with van der Waals surface area (Å²) in [5, 5.41) is 8.89. The maximum atomic E-state index is 10.8. The predicted octanol–water partition coefficient (Wildman–Crippen LogP) is 3.16. The lowest BCUT2D eigenvalue weighted by atomic mass is 10.0. The van der Waals surface area contributed by atoms with Crippen LogP contribution in [-0.4, -0.2) is 17.1 Å². The Morgan fingerprint density at radius 3 is 2.14 bits per heavy atom. The summed E-state index contributed by atoms with van der Waals surface area (Å²) in [7, 11) is 0. The highest BCUT2D eigenvalue weighted by molar-refractivity contribution is 5.87. The number of benzene rings is 2. The standard InChI is InChI=1S/C17H19NO3/c1-11-3-5-13(6-4-11)16(12(2)18)21-15-9-7-14(8-10-15)17(19)20/h3-10,12,16H,18H2,1-2H3,(H,19,20)/t12?,16-/m0/s1. The molecule has 2 rings (SSSR count). The molecule has 21 heavy (non-hydrogen) atoms. The highest BCUT2D eigenvalue weighted by Crippen LogP contribution is 2.25. The molecule has 0 aromatic heterocycles. The number of carboxylic acid groups (broad SMARTS) is 1. The number of ether oxygens (including phenoxy) is 1. The number of rotatable bonds is 5. The van der Waals surface area contributed by atoms with Crippen molar-refractivity contribution in [3.05, 3.63) is 65.2 Å². The van der Waals surface area contributed by atoms with Crippen LogP contribution in [0.15, 0.2) is 48.5 Å². The second-order valence-electron chi connectivity index (χ2n) is 5.14. The lowest BCUT2D eigenvalue weighted by molar-refractivity contribution is 0.0697. The Hall–Kier alpha value is -2.33. The average molecular weight is 285 g/mol. The molecule has 0 aliphatic carbocycles. The zero-order valence-corrected chi connectivity index (χ0v) is 12.1. The highest BCUT2D eigenvalue weighted by atomic mass is 16.5. The fourth-order valence-electron chi connectivity index (χ4n) is 2.06. The molecule has 0 saturated carbocycles. The molecule has 0 radical (unpaired) electrons. The summed E-state index contributed by atoms with van der Waals surface area (Å²) in [4.78, 5) is 10.8. The van der Waals surface area contributed by atoms with E-state index in [-0.39, 0.29) is 17.7 Å². The van der Waals surface area contributed by atoms with Crippen molar-refractivity contribution in [2.45, 2.75) is 26.0 Å². The molecule has 2 aromatic carbocycles. The van der Waals surface area contributed by atoms with Crippen LogP contribution < -0.4 is 10.5 Å². The number of carboxylic acids is 1. The first kappa shape index (κ1) is 15.1. The largest absolute Gasteiger partial charge is 0.484 e. The fourth-order valence-corrected chi connectivity index (χ4v) is 2.06. The Labute approximate surface area is 124 Å². The maximum Gasteiger partial charge on any atom is 0.335 e. The van der Waals surface area contributed by atoms with E-state index in [0.717, 1.165) is 5.56 Å². The first-order valence-electron chi connectivity index (χ1n) is 6.79.